The van der Waals surface area contributed by atoms with Crippen LogP contribution in [0.25, 0.3) is 5.70 Å². The molecule has 2 heterocycles. The number of piperazine rings is 1. The van der Waals surface area contributed by atoms with E-state index in [2.05, 4.69) is 77.2 Å². The van der Waals surface area contributed by atoms with Gasteiger partial charge in [-0.15, -0.1) is 0 Å². The molecule has 1 fully saturated rings. The summed E-state index contributed by atoms with van der Waals surface area (Å²) in [5.74, 6) is 3.61. The first-order chi connectivity index (χ1) is 25.8. The molecule has 8 heteroatoms. The Kier molecular flexibility index (Phi) is 12.4. The van der Waals surface area contributed by atoms with Crippen molar-refractivity contribution >= 4 is 12.0 Å². The topological polar surface area (TPSA) is 73.4 Å². The van der Waals surface area contributed by atoms with Gasteiger partial charge in [-0.1, -0.05) is 54.1 Å². The molecule has 1 unspecified atom stereocenters. The second-order valence-corrected chi connectivity index (χ2v) is 13.7. The highest BCUT2D eigenvalue weighted by Crippen LogP contribution is 2.33. The number of ether oxygens (including phenoxy) is 4. The van der Waals surface area contributed by atoms with Crippen molar-refractivity contribution < 1.29 is 23.7 Å². The van der Waals surface area contributed by atoms with E-state index >= 15 is 0 Å². The number of benzene rings is 4. The fourth-order valence-electron chi connectivity index (χ4n) is 6.62. The molecule has 6 rings (SSSR count). The minimum absolute atomic E-state index is 0.0914. The number of allylic oxidation sites excluding steroid dienone is 1. The number of pyridine rings is 1. The smallest absolute Gasteiger partial charge is 0.219 e. The maximum atomic E-state index is 11.8. The van der Waals surface area contributed by atoms with Gasteiger partial charge >= 0.3 is 0 Å². The number of carbonyl (C=O) groups excluding carboxylic acids is 1. The van der Waals surface area contributed by atoms with Crippen LogP contribution in [0.1, 0.15) is 45.9 Å². The number of hydrogen-bond donors (Lipinski definition) is 0. The Labute approximate surface area is 313 Å². The molecule has 0 N–H and O–H groups in total. The number of hydrogen-bond acceptors (Lipinski definition) is 8. The summed E-state index contributed by atoms with van der Waals surface area (Å²) in [6, 6.07) is 32.7. The molecule has 8 nitrogen and oxygen atoms in total. The van der Waals surface area contributed by atoms with Gasteiger partial charge in [-0.2, -0.15) is 0 Å². The van der Waals surface area contributed by atoms with Crippen molar-refractivity contribution in [3.05, 3.63) is 148 Å². The van der Waals surface area contributed by atoms with Gasteiger partial charge in [-0.05, 0) is 104 Å². The van der Waals surface area contributed by atoms with Gasteiger partial charge in [-0.3, -0.25) is 9.69 Å². The molecular formula is C45H49N3O5. The molecule has 0 radical (unpaired) electrons. The van der Waals surface area contributed by atoms with Crippen LogP contribution in [0.5, 0.6) is 28.9 Å². The maximum Gasteiger partial charge on any atom is 0.219 e. The number of aldehydes is 1. The first-order valence-corrected chi connectivity index (χ1v) is 18.2. The fourth-order valence-corrected chi connectivity index (χ4v) is 6.62. The van der Waals surface area contributed by atoms with Gasteiger partial charge in [-0.25, -0.2) is 4.98 Å². The van der Waals surface area contributed by atoms with Crippen LogP contribution >= 0.6 is 0 Å². The minimum Gasteiger partial charge on any atom is -0.497 e. The molecule has 0 bridgehead atoms. The highest BCUT2D eigenvalue weighted by Gasteiger charge is 2.21. The Balaban J connectivity index is 1.00. The van der Waals surface area contributed by atoms with E-state index in [4.69, 9.17) is 18.9 Å². The van der Waals surface area contributed by atoms with Gasteiger partial charge < -0.3 is 23.8 Å². The lowest BCUT2D eigenvalue weighted by Gasteiger charge is -2.37. The van der Waals surface area contributed by atoms with E-state index in [0.717, 1.165) is 90.6 Å². The van der Waals surface area contributed by atoms with Gasteiger partial charge in [0.25, 0.3) is 0 Å². The number of nitrogens with zero attached hydrogens (tertiary/aromatic N) is 3. The van der Waals surface area contributed by atoms with Crippen molar-refractivity contribution in [3.8, 4) is 28.9 Å². The summed E-state index contributed by atoms with van der Waals surface area (Å²) in [6.07, 6.45) is 5.18. The third-order valence-corrected chi connectivity index (χ3v) is 9.49. The molecule has 1 saturated heterocycles. The van der Waals surface area contributed by atoms with E-state index < -0.39 is 0 Å². The predicted octanol–water partition coefficient (Wildman–Crippen LogP) is 8.75. The molecule has 1 aromatic heterocycles. The van der Waals surface area contributed by atoms with Gasteiger partial charge in [0.15, 0.2) is 0 Å². The lowest BCUT2D eigenvalue weighted by atomic mass is 10.0. The number of methoxy groups -OCH3 is 1. The molecule has 4 aromatic carbocycles. The summed E-state index contributed by atoms with van der Waals surface area (Å²) in [5, 5.41) is 0. The summed E-state index contributed by atoms with van der Waals surface area (Å²) in [4.78, 5) is 21.1. The highest BCUT2D eigenvalue weighted by atomic mass is 16.5. The predicted molar refractivity (Wildman–Crippen MR) is 210 cm³/mol. The van der Waals surface area contributed by atoms with Crippen LogP contribution in [0.15, 0.2) is 109 Å². The Bertz CT molecular complexity index is 1940. The van der Waals surface area contributed by atoms with Crippen molar-refractivity contribution in [2.75, 3.05) is 33.3 Å². The number of carbonyl (C=O) groups is 1. The Hall–Kier alpha value is -5.60. The fraction of sp³-hybridized carbons (Fsp3) is 0.289. The molecular weight excluding hydrogens is 663 g/mol. The van der Waals surface area contributed by atoms with Crippen molar-refractivity contribution in [2.45, 2.75) is 53.4 Å². The van der Waals surface area contributed by atoms with Crippen LogP contribution in [-0.2, 0) is 24.4 Å². The van der Waals surface area contributed by atoms with E-state index in [1.165, 1.54) is 16.7 Å². The van der Waals surface area contributed by atoms with Crippen molar-refractivity contribution in [1.29, 1.82) is 0 Å². The number of aromatic nitrogens is 1. The molecule has 0 saturated carbocycles. The quantitative estimate of drug-likeness (QED) is 0.0789. The van der Waals surface area contributed by atoms with Crippen molar-refractivity contribution in [1.82, 2.24) is 14.8 Å². The summed E-state index contributed by atoms with van der Waals surface area (Å²) >= 11 is 0. The first-order valence-electron chi connectivity index (χ1n) is 18.2. The standard InChI is InChI=1S/C45H49N3O5/c1-32-6-14-41(15-7-32)52-35(4)28-36-8-10-37(11-9-36)30-47-21-23-48(24-22-47)43(20-25-49)39-26-33(2)45(34(3)27-39)53-44-19-18-42(29-46-44)51-31-38-12-16-40(50-5)17-13-38/h6-20,25-27,29,35H,21-24,28,30-31H2,1-5H3/b43-20+. The maximum absolute atomic E-state index is 11.8. The van der Waals surface area contributed by atoms with Gasteiger partial charge in [0.1, 0.15) is 35.9 Å². The van der Waals surface area contributed by atoms with Crippen LogP contribution in [0.2, 0.25) is 0 Å². The zero-order chi connectivity index (χ0) is 37.2. The molecule has 0 amide bonds. The second-order valence-electron chi connectivity index (χ2n) is 13.7. The molecule has 1 aliphatic heterocycles. The SMILES string of the molecule is COc1ccc(COc2ccc(Oc3c(C)cc(/C(=C\C=O)N4CCN(Cc5ccc(CC(C)Oc6ccc(C)cc6)cc5)CC4)cc3C)nc2)cc1. The van der Waals surface area contributed by atoms with E-state index in [1.807, 2.05) is 62.4 Å². The van der Waals surface area contributed by atoms with Gasteiger partial charge in [0.2, 0.25) is 5.88 Å². The Morgan fingerprint density at radius 1 is 0.774 bits per heavy atom. The lowest BCUT2D eigenvalue weighted by molar-refractivity contribution is -0.104. The second kappa shape index (κ2) is 17.8. The van der Waals surface area contributed by atoms with Gasteiger partial charge in [0, 0.05) is 57.0 Å². The van der Waals surface area contributed by atoms with Crippen molar-refractivity contribution in [3.63, 3.8) is 0 Å². The molecule has 274 valence electrons. The zero-order valence-electron chi connectivity index (χ0n) is 31.4. The molecule has 5 aromatic rings. The molecule has 1 aliphatic rings. The summed E-state index contributed by atoms with van der Waals surface area (Å²) < 4.78 is 23.5. The Morgan fingerprint density at radius 2 is 1.40 bits per heavy atom. The number of rotatable bonds is 15. The normalized spacial score (nSPS) is 14.1. The number of aryl methyl sites for hydroxylation is 3. The minimum atomic E-state index is 0.0914. The first kappa shape index (κ1) is 37.2. The lowest BCUT2D eigenvalue weighted by Crippen LogP contribution is -2.45. The van der Waals surface area contributed by atoms with Crippen LogP contribution < -0.4 is 18.9 Å². The van der Waals surface area contributed by atoms with E-state index in [9.17, 15) is 4.79 Å². The van der Waals surface area contributed by atoms with E-state index in [-0.39, 0.29) is 6.10 Å². The molecule has 0 aliphatic carbocycles. The molecule has 53 heavy (non-hydrogen) atoms. The average Bonchev–Trinajstić information content (AvgIpc) is 3.17. The van der Waals surface area contributed by atoms with Gasteiger partial charge in [0.05, 0.1) is 19.4 Å². The van der Waals surface area contributed by atoms with E-state index in [0.29, 0.717) is 18.2 Å². The molecule has 1 atom stereocenters. The summed E-state index contributed by atoms with van der Waals surface area (Å²) in [6.45, 7) is 13.0. The van der Waals surface area contributed by atoms with Crippen LogP contribution in [-0.4, -0.2) is 60.5 Å². The summed E-state index contributed by atoms with van der Waals surface area (Å²) in [5.41, 5.74) is 8.70. The highest BCUT2D eigenvalue weighted by molar-refractivity contribution is 5.81. The average molecular weight is 712 g/mol. The van der Waals surface area contributed by atoms with Crippen LogP contribution in [0.3, 0.4) is 0 Å². The monoisotopic (exact) mass is 711 g/mol. The Morgan fingerprint density at radius 3 is 2.02 bits per heavy atom. The largest absolute Gasteiger partial charge is 0.497 e. The zero-order valence-corrected chi connectivity index (χ0v) is 31.4. The molecule has 0 spiro atoms. The van der Waals surface area contributed by atoms with Crippen LogP contribution in [0, 0.1) is 20.8 Å². The third kappa shape index (κ3) is 10.3. The summed E-state index contributed by atoms with van der Waals surface area (Å²) in [7, 11) is 1.65. The van der Waals surface area contributed by atoms with Crippen LogP contribution in [0.4, 0.5) is 0 Å². The van der Waals surface area contributed by atoms with E-state index in [1.54, 1.807) is 19.4 Å². The third-order valence-electron chi connectivity index (χ3n) is 9.49. The van der Waals surface area contributed by atoms with Crippen molar-refractivity contribution in [2.24, 2.45) is 0 Å².